The average Bonchev–Trinajstić information content (AvgIpc) is 3.57. The van der Waals surface area contributed by atoms with Crippen molar-refractivity contribution in [2.45, 2.75) is 18.8 Å². The van der Waals surface area contributed by atoms with E-state index in [1.54, 1.807) is 0 Å². The Hall–Kier alpha value is -3.35. The lowest BCUT2D eigenvalue weighted by Gasteiger charge is -2.13. The summed E-state index contributed by atoms with van der Waals surface area (Å²) in [7, 11) is 0. The standard InChI is InChI=1S/C22H12F6N4O4S4/c23-21(24,25)11-3-9(4-12(6-11)22(26,27)28)10-5-13(38-8-10)7-14-17(34)32(20(37)39-14)2-1-15(33)29-19-31-30-16(40-19)18(35)36/h3-8H,1-2H2,(H,35,36)(H,29,31,33)/b14-7-. The number of carboxylic acid groups (broad SMARTS) is 1. The van der Waals surface area contributed by atoms with Gasteiger partial charge in [0.25, 0.3) is 5.91 Å². The number of nitrogens with zero attached hydrogens (tertiary/aromatic N) is 3. The molecule has 1 aromatic carbocycles. The van der Waals surface area contributed by atoms with Gasteiger partial charge in [-0.1, -0.05) is 35.3 Å². The molecule has 3 heterocycles. The molecule has 4 rings (SSSR count). The zero-order valence-corrected chi connectivity index (χ0v) is 22.6. The van der Waals surface area contributed by atoms with Crippen molar-refractivity contribution in [3.05, 3.63) is 55.6 Å². The van der Waals surface area contributed by atoms with Gasteiger partial charge in [0.1, 0.15) is 4.32 Å². The molecule has 0 atom stereocenters. The summed E-state index contributed by atoms with van der Waals surface area (Å²) in [6.07, 6.45) is -8.78. The lowest BCUT2D eigenvalue weighted by atomic mass is 10.0. The fourth-order valence-corrected chi connectivity index (χ4v) is 6.10. The second-order valence-corrected chi connectivity index (χ2v) is 11.5. The molecule has 2 N–H and O–H groups in total. The quantitative estimate of drug-likeness (QED) is 0.178. The average molecular weight is 639 g/mol. The summed E-state index contributed by atoms with van der Waals surface area (Å²) >= 11 is 7.77. The van der Waals surface area contributed by atoms with Crippen LogP contribution in [-0.4, -0.2) is 48.9 Å². The van der Waals surface area contributed by atoms with E-state index in [0.29, 0.717) is 28.3 Å². The van der Waals surface area contributed by atoms with Crippen LogP contribution in [0.25, 0.3) is 17.2 Å². The Morgan fingerprint density at radius 3 is 2.25 bits per heavy atom. The number of hydrogen-bond acceptors (Lipinski definition) is 9. The zero-order chi connectivity index (χ0) is 29.4. The van der Waals surface area contributed by atoms with E-state index >= 15 is 0 Å². The summed E-state index contributed by atoms with van der Waals surface area (Å²) in [4.78, 5) is 37.6. The number of anilines is 1. The molecule has 1 aliphatic heterocycles. The molecule has 0 aliphatic carbocycles. The monoisotopic (exact) mass is 638 g/mol. The number of alkyl halides is 6. The predicted octanol–water partition coefficient (Wildman–Crippen LogP) is 6.23. The zero-order valence-electron chi connectivity index (χ0n) is 19.3. The molecule has 18 heteroatoms. The Balaban J connectivity index is 1.46. The van der Waals surface area contributed by atoms with Gasteiger partial charge in [-0.25, -0.2) is 4.79 Å². The highest BCUT2D eigenvalue weighted by molar-refractivity contribution is 8.26. The number of benzene rings is 1. The fourth-order valence-electron chi connectivity index (χ4n) is 3.28. The van der Waals surface area contributed by atoms with Crippen LogP contribution in [-0.2, 0) is 21.9 Å². The summed E-state index contributed by atoms with van der Waals surface area (Å²) in [6.45, 7) is -0.113. The second kappa shape index (κ2) is 11.3. The molecule has 0 bridgehead atoms. The van der Waals surface area contributed by atoms with Gasteiger partial charge in [0.05, 0.1) is 16.0 Å². The highest BCUT2D eigenvalue weighted by Gasteiger charge is 2.37. The van der Waals surface area contributed by atoms with Gasteiger partial charge >= 0.3 is 18.3 Å². The van der Waals surface area contributed by atoms with Crippen LogP contribution in [0.4, 0.5) is 31.5 Å². The van der Waals surface area contributed by atoms with Gasteiger partial charge in [0.2, 0.25) is 16.0 Å². The number of halogens is 6. The van der Waals surface area contributed by atoms with Crippen LogP contribution in [0.2, 0.25) is 0 Å². The lowest BCUT2D eigenvalue weighted by Crippen LogP contribution is -2.31. The smallest absolute Gasteiger partial charge is 0.416 e. The first-order chi connectivity index (χ1) is 18.6. The summed E-state index contributed by atoms with van der Waals surface area (Å²) in [5.41, 5.74) is -3.07. The van der Waals surface area contributed by atoms with Gasteiger partial charge < -0.3 is 10.4 Å². The normalized spacial score (nSPS) is 15.2. The maximum atomic E-state index is 13.2. The van der Waals surface area contributed by atoms with Gasteiger partial charge in [0.15, 0.2) is 0 Å². The van der Waals surface area contributed by atoms with Gasteiger partial charge in [0, 0.05) is 17.8 Å². The molecule has 0 radical (unpaired) electrons. The molecular weight excluding hydrogens is 627 g/mol. The van der Waals surface area contributed by atoms with E-state index in [9.17, 15) is 40.7 Å². The Labute approximate surface area is 237 Å². The molecule has 3 aromatic rings. The molecule has 0 unspecified atom stereocenters. The van der Waals surface area contributed by atoms with Crippen LogP contribution in [0.15, 0.2) is 34.6 Å². The Kier molecular flexibility index (Phi) is 8.34. The summed E-state index contributed by atoms with van der Waals surface area (Å²) in [6, 6.07) is 2.64. The van der Waals surface area contributed by atoms with Crippen molar-refractivity contribution in [3.63, 3.8) is 0 Å². The third-order valence-corrected chi connectivity index (χ3v) is 8.19. The molecular formula is C22H12F6N4O4S4. The third kappa shape index (κ3) is 6.86. The predicted molar refractivity (Wildman–Crippen MR) is 140 cm³/mol. The molecule has 8 nitrogen and oxygen atoms in total. The number of carbonyl (C=O) groups is 3. The Morgan fingerprint density at radius 1 is 1.02 bits per heavy atom. The number of thiophene rings is 1. The minimum Gasteiger partial charge on any atom is -0.476 e. The number of rotatable bonds is 7. The first-order valence-electron chi connectivity index (χ1n) is 10.6. The largest absolute Gasteiger partial charge is 0.476 e. The minimum atomic E-state index is -4.99. The maximum absolute atomic E-state index is 13.2. The summed E-state index contributed by atoms with van der Waals surface area (Å²) in [5.74, 6) is -2.42. The van der Waals surface area contributed by atoms with Gasteiger partial charge in [-0.05, 0) is 46.8 Å². The maximum Gasteiger partial charge on any atom is 0.416 e. The SMILES string of the molecule is O=C(CCN1C(=O)/C(=C/c2cc(-c3cc(C(F)(F)F)cc(C(F)(F)F)c3)cs2)SC1=S)Nc1nnc(C(=O)O)s1. The van der Waals surface area contributed by atoms with E-state index in [1.807, 2.05) is 0 Å². The van der Waals surface area contributed by atoms with Gasteiger partial charge in [-0.3, -0.25) is 14.5 Å². The second-order valence-electron chi connectivity index (χ2n) is 7.88. The van der Waals surface area contributed by atoms with E-state index in [2.05, 4.69) is 15.5 Å². The van der Waals surface area contributed by atoms with E-state index in [4.69, 9.17) is 17.3 Å². The van der Waals surface area contributed by atoms with Crippen molar-refractivity contribution in [2.24, 2.45) is 0 Å². The molecule has 210 valence electrons. The number of carboxylic acids is 1. The van der Waals surface area contributed by atoms with Crippen molar-refractivity contribution >= 4 is 80.0 Å². The van der Waals surface area contributed by atoms with Crippen LogP contribution in [0.5, 0.6) is 0 Å². The van der Waals surface area contributed by atoms with Crippen LogP contribution in [0.3, 0.4) is 0 Å². The molecule has 40 heavy (non-hydrogen) atoms. The van der Waals surface area contributed by atoms with Crippen LogP contribution in [0, 0.1) is 0 Å². The molecule has 0 saturated carbocycles. The number of carbonyl (C=O) groups excluding carboxylic acids is 2. The number of amides is 2. The summed E-state index contributed by atoms with van der Waals surface area (Å²) < 4.78 is 79.4. The van der Waals surface area contributed by atoms with Crippen molar-refractivity contribution in [3.8, 4) is 11.1 Å². The molecule has 2 aromatic heterocycles. The van der Waals surface area contributed by atoms with Gasteiger partial charge in [-0.15, -0.1) is 21.5 Å². The van der Waals surface area contributed by atoms with Crippen LogP contribution < -0.4 is 5.32 Å². The number of thioether (sulfide) groups is 1. The minimum absolute atomic E-state index is 0.0377. The first-order valence-corrected chi connectivity index (χ1v) is 13.5. The molecule has 1 aliphatic rings. The number of nitrogens with one attached hydrogen (secondary N) is 1. The topological polar surface area (TPSA) is 112 Å². The van der Waals surface area contributed by atoms with E-state index in [1.165, 1.54) is 17.5 Å². The van der Waals surface area contributed by atoms with Crippen molar-refractivity contribution in [1.29, 1.82) is 0 Å². The third-order valence-electron chi connectivity index (χ3n) is 5.10. The van der Waals surface area contributed by atoms with Crippen molar-refractivity contribution < 1.29 is 45.8 Å². The summed E-state index contributed by atoms with van der Waals surface area (Å²) in [5, 5.41) is 19.2. The first kappa shape index (κ1) is 29.6. The van der Waals surface area contributed by atoms with E-state index < -0.39 is 41.3 Å². The van der Waals surface area contributed by atoms with Crippen molar-refractivity contribution in [2.75, 3.05) is 11.9 Å². The van der Waals surface area contributed by atoms with Crippen LogP contribution in [0.1, 0.15) is 32.2 Å². The Bertz CT molecular complexity index is 1510. The molecule has 0 spiro atoms. The lowest BCUT2D eigenvalue weighted by molar-refractivity contribution is -0.143. The van der Waals surface area contributed by atoms with E-state index in [0.717, 1.165) is 28.0 Å². The highest BCUT2D eigenvalue weighted by Crippen LogP contribution is 2.40. The number of aromatic carboxylic acids is 1. The number of hydrogen-bond donors (Lipinski definition) is 2. The van der Waals surface area contributed by atoms with Crippen molar-refractivity contribution in [1.82, 2.24) is 15.1 Å². The van der Waals surface area contributed by atoms with Crippen LogP contribution >= 0.6 is 46.7 Å². The molecule has 1 saturated heterocycles. The van der Waals surface area contributed by atoms with E-state index in [-0.39, 0.29) is 49.5 Å². The Morgan fingerprint density at radius 2 is 1.68 bits per heavy atom. The molecule has 1 fully saturated rings. The number of thiocarbonyl (C=S) groups is 1. The fraction of sp³-hybridized carbons (Fsp3) is 0.182. The van der Waals surface area contributed by atoms with Gasteiger partial charge in [-0.2, -0.15) is 26.3 Å². The highest BCUT2D eigenvalue weighted by atomic mass is 32.2. The number of aromatic nitrogens is 2. The molecule has 2 amide bonds.